The molecule has 3 heteroatoms. The number of rotatable bonds is 4. The Hall–Kier alpha value is -0.960. The van der Waals surface area contributed by atoms with Gasteiger partial charge in [0, 0.05) is 5.69 Å². The summed E-state index contributed by atoms with van der Waals surface area (Å²) >= 11 is 0. The van der Waals surface area contributed by atoms with E-state index in [1.165, 1.54) is 13.8 Å². The molecule has 0 amide bonds. The predicted octanol–water partition coefficient (Wildman–Crippen LogP) is 2.18. The summed E-state index contributed by atoms with van der Waals surface area (Å²) in [5, 5.41) is 0. The SMILES string of the molecule is CC(C)(F)c1cccc(CCCN)n1. The van der Waals surface area contributed by atoms with Crippen molar-refractivity contribution in [3.05, 3.63) is 29.6 Å². The van der Waals surface area contributed by atoms with E-state index in [9.17, 15) is 4.39 Å². The number of nitrogens with two attached hydrogens (primary N) is 1. The Morgan fingerprint density at radius 2 is 2.14 bits per heavy atom. The maximum absolute atomic E-state index is 13.5. The summed E-state index contributed by atoms with van der Waals surface area (Å²) in [4.78, 5) is 4.25. The van der Waals surface area contributed by atoms with Gasteiger partial charge in [-0.15, -0.1) is 0 Å². The highest BCUT2D eigenvalue weighted by molar-refractivity contribution is 5.16. The van der Waals surface area contributed by atoms with Crippen LogP contribution in [0.3, 0.4) is 0 Å². The van der Waals surface area contributed by atoms with Crippen molar-refractivity contribution < 1.29 is 4.39 Å². The number of pyridine rings is 1. The molecule has 0 spiro atoms. The zero-order valence-electron chi connectivity index (χ0n) is 8.76. The highest BCUT2D eigenvalue weighted by Crippen LogP contribution is 2.22. The number of hydrogen-bond acceptors (Lipinski definition) is 2. The third-order valence-corrected chi connectivity index (χ3v) is 2.05. The van der Waals surface area contributed by atoms with Crippen LogP contribution in [-0.2, 0) is 12.1 Å². The van der Waals surface area contributed by atoms with Crippen LogP contribution < -0.4 is 5.73 Å². The molecule has 1 heterocycles. The van der Waals surface area contributed by atoms with Crippen LogP contribution in [0.2, 0.25) is 0 Å². The van der Waals surface area contributed by atoms with Gasteiger partial charge in [0.1, 0.15) is 5.67 Å². The maximum Gasteiger partial charge on any atom is 0.147 e. The molecule has 78 valence electrons. The fourth-order valence-electron chi connectivity index (χ4n) is 1.23. The minimum Gasteiger partial charge on any atom is -0.330 e. The molecule has 0 radical (unpaired) electrons. The second kappa shape index (κ2) is 4.51. The molecule has 0 atom stereocenters. The van der Waals surface area contributed by atoms with Crippen LogP contribution >= 0.6 is 0 Å². The lowest BCUT2D eigenvalue weighted by atomic mass is 10.1. The molecule has 0 aliphatic heterocycles. The largest absolute Gasteiger partial charge is 0.330 e. The molecule has 0 aliphatic rings. The van der Waals surface area contributed by atoms with E-state index in [0.29, 0.717) is 12.2 Å². The first-order chi connectivity index (χ1) is 6.54. The molecular formula is C11H17FN2. The third-order valence-electron chi connectivity index (χ3n) is 2.05. The van der Waals surface area contributed by atoms with Gasteiger partial charge in [0.05, 0.1) is 5.69 Å². The molecule has 1 aromatic rings. The van der Waals surface area contributed by atoms with Crippen molar-refractivity contribution in [3.8, 4) is 0 Å². The van der Waals surface area contributed by atoms with E-state index in [0.717, 1.165) is 18.5 Å². The fourth-order valence-corrected chi connectivity index (χ4v) is 1.23. The van der Waals surface area contributed by atoms with Gasteiger partial charge < -0.3 is 5.73 Å². The van der Waals surface area contributed by atoms with Crippen molar-refractivity contribution in [1.29, 1.82) is 0 Å². The quantitative estimate of drug-likeness (QED) is 0.801. The Kier molecular flexibility index (Phi) is 3.58. The van der Waals surface area contributed by atoms with E-state index in [2.05, 4.69) is 4.98 Å². The minimum atomic E-state index is -1.36. The summed E-state index contributed by atoms with van der Waals surface area (Å²) in [6.07, 6.45) is 1.71. The van der Waals surface area contributed by atoms with E-state index in [4.69, 9.17) is 5.73 Å². The summed E-state index contributed by atoms with van der Waals surface area (Å²) in [6, 6.07) is 5.46. The average molecular weight is 196 g/mol. The lowest BCUT2D eigenvalue weighted by molar-refractivity contribution is 0.214. The number of nitrogens with zero attached hydrogens (tertiary/aromatic N) is 1. The Balaban J connectivity index is 2.79. The van der Waals surface area contributed by atoms with Crippen molar-refractivity contribution in [1.82, 2.24) is 4.98 Å². The molecule has 0 bridgehead atoms. The molecule has 0 saturated heterocycles. The lowest BCUT2D eigenvalue weighted by Gasteiger charge is -2.14. The molecule has 0 saturated carbocycles. The molecular weight excluding hydrogens is 179 g/mol. The van der Waals surface area contributed by atoms with Gasteiger partial charge >= 0.3 is 0 Å². The highest BCUT2D eigenvalue weighted by atomic mass is 19.1. The Labute approximate surface area is 84.3 Å². The molecule has 0 unspecified atom stereocenters. The third kappa shape index (κ3) is 3.07. The van der Waals surface area contributed by atoms with Crippen LogP contribution in [-0.4, -0.2) is 11.5 Å². The zero-order chi connectivity index (χ0) is 10.6. The molecule has 1 rings (SSSR count). The lowest BCUT2D eigenvalue weighted by Crippen LogP contribution is -2.12. The van der Waals surface area contributed by atoms with Crippen LogP contribution in [0.15, 0.2) is 18.2 Å². The Morgan fingerprint density at radius 3 is 2.71 bits per heavy atom. The summed E-state index contributed by atoms with van der Waals surface area (Å²) in [6.45, 7) is 3.68. The molecule has 2 N–H and O–H groups in total. The molecule has 0 fully saturated rings. The first-order valence-electron chi connectivity index (χ1n) is 4.89. The van der Waals surface area contributed by atoms with Gasteiger partial charge in [-0.25, -0.2) is 4.39 Å². The van der Waals surface area contributed by atoms with Crippen molar-refractivity contribution in [2.45, 2.75) is 32.4 Å². The minimum absolute atomic E-state index is 0.493. The highest BCUT2D eigenvalue weighted by Gasteiger charge is 2.20. The second-order valence-electron chi connectivity index (χ2n) is 3.88. The molecule has 1 aromatic heterocycles. The summed E-state index contributed by atoms with van der Waals surface area (Å²) in [5.41, 5.74) is 5.44. The molecule has 0 aliphatic carbocycles. The number of alkyl halides is 1. The standard InChI is InChI=1S/C11H17FN2/c1-11(2,12)10-7-3-5-9(14-10)6-4-8-13/h3,5,7H,4,6,8,13H2,1-2H3. The zero-order valence-corrected chi connectivity index (χ0v) is 8.76. The maximum atomic E-state index is 13.5. The predicted molar refractivity (Wildman–Crippen MR) is 55.7 cm³/mol. The van der Waals surface area contributed by atoms with E-state index in [1.807, 2.05) is 12.1 Å². The second-order valence-corrected chi connectivity index (χ2v) is 3.88. The normalized spacial score (nSPS) is 11.7. The van der Waals surface area contributed by atoms with Crippen molar-refractivity contribution in [2.24, 2.45) is 5.73 Å². The average Bonchev–Trinajstić information content (AvgIpc) is 2.14. The Bertz CT molecular complexity index is 292. The monoisotopic (exact) mass is 196 g/mol. The molecule has 14 heavy (non-hydrogen) atoms. The van der Waals surface area contributed by atoms with Crippen molar-refractivity contribution >= 4 is 0 Å². The van der Waals surface area contributed by atoms with Gasteiger partial charge in [-0.3, -0.25) is 4.98 Å². The van der Waals surface area contributed by atoms with E-state index in [1.54, 1.807) is 6.07 Å². The van der Waals surface area contributed by atoms with Crippen LogP contribution in [0.1, 0.15) is 31.7 Å². The van der Waals surface area contributed by atoms with Gasteiger partial charge in [0.2, 0.25) is 0 Å². The van der Waals surface area contributed by atoms with Crippen LogP contribution in [0, 0.1) is 0 Å². The van der Waals surface area contributed by atoms with Gasteiger partial charge in [-0.2, -0.15) is 0 Å². The summed E-state index contributed by atoms with van der Waals surface area (Å²) in [7, 11) is 0. The van der Waals surface area contributed by atoms with E-state index >= 15 is 0 Å². The van der Waals surface area contributed by atoms with E-state index in [-0.39, 0.29) is 0 Å². The molecule has 2 nitrogen and oxygen atoms in total. The van der Waals surface area contributed by atoms with E-state index < -0.39 is 5.67 Å². The molecule has 0 aromatic carbocycles. The van der Waals surface area contributed by atoms with Gasteiger partial charge in [0.15, 0.2) is 0 Å². The number of hydrogen-bond donors (Lipinski definition) is 1. The van der Waals surface area contributed by atoms with Gasteiger partial charge in [-0.1, -0.05) is 6.07 Å². The number of halogens is 1. The van der Waals surface area contributed by atoms with Gasteiger partial charge in [0.25, 0.3) is 0 Å². The summed E-state index contributed by atoms with van der Waals surface area (Å²) in [5.74, 6) is 0. The first-order valence-corrected chi connectivity index (χ1v) is 4.89. The van der Waals surface area contributed by atoms with Crippen molar-refractivity contribution in [3.63, 3.8) is 0 Å². The smallest absolute Gasteiger partial charge is 0.147 e. The fraction of sp³-hybridized carbons (Fsp3) is 0.545. The van der Waals surface area contributed by atoms with Gasteiger partial charge in [-0.05, 0) is 45.4 Å². The first kappa shape index (κ1) is 11.1. The Morgan fingerprint density at radius 1 is 1.43 bits per heavy atom. The van der Waals surface area contributed by atoms with Crippen molar-refractivity contribution in [2.75, 3.05) is 6.54 Å². The summed E-state index contributed by atoms with van der Waals surface area (Å²) < 4.78 is 13.5. The number of aryl methyl sites for hydroxylation is 1. The topological polar surface area (TPSA) is 38.9 Å². The van der Waals surface area contributed by atoms with Crippen LogP contribution in [0.25, 0.3) is 0 Å². The van der Waals surface area contributed by atoms with Crippen LogP contribution in [0.4, 0.5) is 4.39 Å². The number of aromatic nitrogens is 1. The van der Waals surface area contributed by atoms with Crippen LogP contribution in [0.5, 0.6) is 0 Å².